The average Bonchev–Trinajstić information content (AvgIpc) is 2.72. The van der Waals surface area contributed by atoms with Crippen LogP contribution in [0.25, 0.3) is 0 Å². The molecule has 0 heterocycles. The molecule has 0 fully saturated rings. The molecule has 2 amide bonds. The van der Waals surface area contributed by atoms with Crippen molar-refractivity contribution in [2.45, 2.75) is 52.5 Å². The fraction of sp³-hybridized carbons (Fsp3) is 0.417. The fourth-order valence-electron chi connectivity index (χ4n) is 2.97. The van der Waals surface area contributed by atoms with Gasteiger partial charge in [0.1, 0.15) is 6.04 Å². The van der Waals surface area contributed by atoms with Crippen LogP contribution < -0.4 is 5.32 Å². The third-order valence-electron chi connectivity index (χ3n) is 4.93. The third-order valence-corrected chi connectivity index (χ3v) is 5.92. The van der Waals surface area contributed by atoms with Gasteiger partial charge in [-0.25, -0.2) is 0 Å². The number of carbonyl (C=O) groups excluding carboxylic acids is 2. The third kappa shape index (κ3) is 7.24. The van der Waals surface area contributed by atoms with E-state index in [-0.39, 0.29) is 11.8 Å². The van der Waals surface area contributed by atoms with Gasteiger partial charge in [-0.1, -0.05) is 61.0 Å². The van der Waals surface area contributed by atoms with E-state index < -0.39 is 6.04 Å². The number of thioether (sulfide) groups is 1. The number of benzene rings is 2. The Morgan fingerprint density at radius 3 is 2.41 bits per heavy atom. The van der Waals surface area contributed by atoms with Crippen molar-refractivity contribution in [1.29, 1.82) is 0 Å². The van der Waals surface area contributed by atoms with Crippen LogP contribution in [-0.2, 0) is 21.9 Å². The van der Waals surface area contributed by atoms with Crippen molar-refractivity contribution < 1.29 is 9.59 Å². The van der Waals surface area contributed by atoms with Crippen LogP contribution in [0.3, 0.4) is 0 Å². The second-order valence-electron chi connectivity index (χ2n) is 7.39. The summed E-state index contributed by atoms with van der Waals surface area (Å²) in [4.78, 5) is 27.3. The van der Waals surface area contributed by atoms with Crippen molar-refractivity contribution in [3.8, 4) is 0 Å². The van der Waals surface area contributed by atoms with E-state index in [0.717, 1.165) is 23.3 Å². The standard InChI is InChI=1S/C24H32N2O2S/c1-5-14-25-24(28)20(4)26(15-22-9-7-6-8-19(22)3)23(27)17-29-16-21-12-10-18(2)11-13-21/h6-13,20H,5,14-17H2,1-4H3,(H,25,28)/t20-/m0/s1. The molecule has 2 aromatic carbocycles. The topological polar surface area (TPSA) is 49.4 Å². The van der Waals surface area contributed by atoms with Gasteiger partial charge in [0.15, 0.2) is 0 Å². The molecule has 0 aliphatic rings. The lowest BCUT2D eigenvalue weighted by Crippen LogP contribution is -2.48. The van der Waals surface area contributed by atoms with Crippen molar-refractivity contribution in [2.24, 2.45) is 0 Å². The second-order valence-corrected chi connectivity index (χ2v) is 8.38. The molecule has 2 rings (SSSR count). The number of hydrogen-bond acceptors (Lipinski definition) is 3. The van der Waals surface area contributed by atoms with Gasteiger partial charge in [-0.3, -0.25) is 9.59 Å². The molecule has 0 aliphatic carbocycles. The van der Waals surface area contributed by atoms with Crippen molar-refractivity contribution >= 4 is 23.6 Å². The van der Waals surface area contributed by atoms with Crippen molar-refractivity contribution in [3.63, 3.8) is 0 Å². The summed E-state index contributed by atoms with van der Waals surface area (Å²) >= 11 is 1.59. The number of aryl methyl sites for hydroxylation is 2. The summed E-state index contributed by atoms with van der Waals surface area (Å²) in [5.41, 5.74) is 4.62. The SMILES string of the molecule is CCCNC(=O)[C@H](C)N(Cc1ccccc1C)C(=O)CSCc1ccc(C)cc1. The van der Waals surface area contributed by atoms with Gasteiger partial charge in [0.25, 0.3) is 0 Å². The minimum atomic E-state index is -0.506. The highest BCUT2D eigenvalue weighted by atomic mass is 32.2. The predicted octanol–water partition coefficient (Wildman–Crippen LogP) is 4.48. The van der Waals surface area contributed by atoms with Crippen molar-refractivity contribution in [1.82, 2.24) is 10.2 Å². The Labute approximate surface area is 179 Å². The van der Waals surface area contributed by atoms with Gasteiger partial charge in [-0.05, 0) is 43.9 Å². The lowest BCUT2D eigenvalue weighted by Gasteiger charge is -2.29. The molecule has 0 radical (unpaired) electrons. The molecule has 0 saturated heterocycles. The Kier molecular flexibility index (Phi) is 9.26. The van der Waals surface area contributed by atoms with Gasteiger partial charge in [0.05, 0.1) is 5.75 Å². The van der Waals surface area contributed by atoms with E-state index in [1.165, 1.54) is 11.1 Å². The van der Waals surface area contributed by atoms with Gasteiger partial charge in [0, 0.05) is 18.8 Å². The molecule has 1 N–H and O–H groups in total. The summed E-state index contributed by atoms with van der Waals surface area (Å²) in [6, 6.07) is 15.9. The molecule has 0 spiro atoms. The summed E-state index contributed by atoms with van der Waals surface area (Å²) in [6.45, 7) is 8.99. The number of nitrogens with zero attached hydrogens (tertiary/aromatic N) is 1. The lowest BCUT2D eigenvalue weighted by molar-refractivity contribution is -0.138. The molecule has 0 saturated carbocycles. The first-order valence-corrected chi connectivity index (χ1v) is 11.3. The van der Waals surface area contributed by atoms with Crippen LogP contribution in [0.2, 0.25) is 0 Å². The van der Waals surface area contributed by atoms with E-state index in [1.807, 2.05) is 45.0 Å². The molecule has 0 unspecified atom stereocenters. The molecule has 0 aliphatic heterocycles. The molecule has 4 nitrogen and oxygen atoms in total. The first kappa shape index (κ1) is 23.0. The quantitative estimate of drug-likeness (QED) is 0.626. The highest BCUT2D eigenvalue weighted by Gasteiger charge is 2.26. The molecule has 0 aromatic heterocycles. The zero-order valence-electron chi connectivity index (χ0n) is 17.9. The lowest BCUT2D eigenvalue weighted by atomic mass is 10.1. The van der Waals surface area contributed by atoms with Gasteiger partial charge >= 0.3 is 0 Å². The molecule has 0 bridgehead atoms. The van der Waals surface area contributed by atoms with Gasteiger partial charge in [0.2, 0.25) is 11.8 Å². The molecule has 2 aromatic rings. The minimum Gasteiger partial charge on any atom is -0.354 e. The summed E-state index contributed by atoms with van der Waals surface area (Å²) in [5, 5.41) is 2.92. The average molecular weight is 413 g/mol. The van der Waals surface area contributed by atoms with Crippen molar-refractivity contribution in [2.75, 3.05) is 12.3 Å². The van der Waals surface area contributed by atoms with Gasteiger partial charge < -0.3 is 10.2 Å². The van der Waals surface area contributed by atoms with Crippen LogP contribution in [0, 0.1) is 13.8 Å². The number of rotatable bonds is 10. The van der Waals surface area contributed by atoms with E-state index in [0.29, 0.717) is 18.8 Å². The number of carbonyl (C=O) groups is 2. The van der Waals surface area contributed by atoms with E-state index in [4.69, 9.17) is 0 Å². The maximum absolute atomic E-state index is 13.0. The maximum Gasteiger partial charge on any atom is 0.242 e. The largest absolute Gasteiger partial charge is 0.354 e. The Balaban J connectivity index is 2.05. The molecule has 29 heavy (non-hydrogen) atoms. The molecular formula is C24H32N2O2S. The first-order valence-electron chi connectivity index (χ1n) is 10.2. The monoisotopic (exact) mass is 412 g/mol. The Hall–Kier alpha value is -2.27. The van der Waals surface area contributed by atoms with Crippen LogP contribution in [0.15, 0.2) is 48.5 Å². The summed E-state index contributed by atoms with van der Waals surface area (Å²) in [6.07, 6.45) is 0.872. The summed E-state index contributed by atoms with van der Waals surface area (Å²) in [7, 11) is 0. The van der Waals surface area contributed by atoms with Gasteiger partial charge in [-0.2, -0.15) is 0 Å². The normalized spacial score (nSPS) is 11.7. The number of hydrogen-bond donors (Lipinski definition) is 1. The fourth-order valence-corrected chi connectivity index (χ4v) is 3.84. The highest BCUT2D eigenvalue weighted by molar-refractivity contribution is 7.99. The number of nitrogens with one attached hydrogen (secondary N) is 1. The van der Waals surface area contributed by atoms with Crippen molar-refractivity contribution in [3.05, 3.63) is 70.8 Å². The maximum atomic E-state index is 13.0. The van der Waals surface area contributed by atoms with E-state index in [1.54, 1.807) is 16.7 Å². The zero-order chi connectivity index (χ0) is 21.2. The highest BCUT2D eigenvalue weighted by Crippen LogP contribution is 2.17. The first-order chi connectivity index (χ1) is 13.9. The van der Waals surface area contributed by atoms with Gasteiger partial charge in [-0.15, -0.1) is 11.8 Å². The zero-order valence-corrected chi connectivity index (χ0v) is 18.7. The Bertz CT molecular complexity index is 805. The van der Waals surface area contributed by atoms with E-state index in [2.05, 4.69) is 36.5 Å². The molecular weight excluding hydrogens is 380 g/mol. The van der Waals surface area contributed by atoms with Crippen LogP contribution in [-0.4, -0.2) is 35.1 Å². The van der Waals surface area contributed by atoms with Crippen LogP contribution in [0.5, 0.6) is 0 Å². The summed E-state index contributed by atoms with van der Waals surface area (Å²) in [5.74, 6) is 1.02. The Morgan fingerprint density at radius 2 is 1.76 bits per heavy atom. The second kappa shape index (κ2) is 11.7. The smallest absolute Gasteiger partial charge is 0.242 e. The summed E-state index contributed by atoms with van der Waals surface area (Å²) < 4.78 is 0. The number of amides is 2. The molecule has 5 heteroatoms. The molecule has 156 valence electrons. The Morgan fingerprint density at radius 1 is 1.07 bits per heavy atom. The predicted molar refractivity (Wildman–Crippen MR) is 122 cm³/mol. The van der Waals surface area contributed by atoms with Crippen LogP contribution >= 0.6 is 11.8 Å². The van der Waals surface area contributed by atoms with E-state index in [9.17, 15) is 9.59 Å². The van der Waals surface area contributed by atoms with Crippen LogP contribution in [0.4, 0.5) is 0 Å². The molecule has 1 atom stereocenters. The van der Waals surface area contributed by atoms with E-state index >= 15 is 0 Å². The van der Waals surface area contributed by atoms with Crippen LogP contribution in [0.1, 0.15) is 42.5 Å². The minimum absolute atomic E-state index is 0.00971.